The van der Waals surface area contributed by atoms with E-state index < -0.39 is 17.3 Å². The Hall–Kier alpha value is -1.58. The summed E-state index contributed by atoms with van der Waals surface area (Å²) in [6.07, 6.45) is 1.19. The van der Waals surface area contributed by atoms with Gasteiger partial charge in [0, 0.05) is 5.56 Å². The number of aromatic hydroxyl groups is 1. The van der Waals surface area contributed by atoms with E-state index in [0.29, 0.717) is 6.42 Å². The number of carboxylic acid groups (broad SMARTS) is 1. The fourth-order valence-corrected chi connectivity index (χ4v) is 1.46. The van der Waals surface area contributed by atoms with Gasteiger partial charge in [0.05, 0.1) is 5.56 Å². The van der Waals surface area contributed by atoms with Crippen molar-refractivity contribution in [2.24, 2.45) is 5.92 Å². The molecule has 0 amide bonds. The maximum absolute atomic E-state index is 13.7. The van der Waals surface area contributed by atoms with Crippen LogP contribution in [0.4, 0.5) is 4.39 Å². The van der Waals surface area contributed by atoms with Crippen molar-refractivity contribution < 1.29 is 19.4 Å². The second-order valence-corrected chi connectivity index (χ2v) is 3.95. The molecule has 88 valence electrons. The van der Waals surface area contributed by atoms with E-state index in [-0.39, 0.29) is 17.2 Å². The van der Waals surface area contributed by atoms with Crippen LogP contribution in [0.1, 0.15) is 36.2 Å². The third-order valence-electron chi connectivity index (χ3n) is 2.70. The first-order valence-electron chi connectivity index (χ1n) is 5.21. The summed E-state index contributed by atoms with van der Waals surface area (Å²) in [6, 6.07) is 2.30. The highest BCUT2D eigenvalue weighted by atomic mass is 19.1. The van der Waals surface area contributed by atoms with Crippen molar-refractivity contribution in [2.45, 2.75) is 26.7 Å². The maximum atomic E-state index is 13.7. The molecule has 0 heterocycles. The van der Waals surface area contributed by atoms with E-state index in [4.69, 9.17) is 5.11 Å². The summed E-state index contributed by atoms with van der Waals surface area (Å²) >= 11 is 0. The zero-order valence-electron chi connectivity index (χ0n) is 9.33. The van der Waals surface area contributed by atoms with Gasteiger partial charge in [0.15, 0.2) is 0 Å². The van der Waals surface area contributed by atoms with Crippen molar-refractivity contribution in [2.75, 3.05) is 0 Å². The van der Waals surface area contributed by atoms with Gasteiger partial charge in [-0.3, -0.25) is 0 Å². The van der Waals surface area contributed by atoms with Crippen molar-refractivity contribution in [3.63, 3.8) is 0 Å². The van der Waals surface area contributed by atoms with Gasteiger partial charge in [0.25, 0.3) is 0 Å². The average Bonchev–Trinajstić information content (AvgIpc) is 2.23. The molecule has 2 N–H and O–H groups in total. The third kappa shape index (κ3) is 2.51. The predicted molar refractivity (Wildman–Crippen MR) is 58.2 cm³/mol. The highest BCUT2D eigenvalue weighted by molar-refractivity contribution is 5.88. The Balaban J connectivity index is 3.16. The molecule has 0 bridgehead atoms. The maximum Gasteiger partial charge on any atom is 0.338 e. The molecule has 0 fully saturated rings. The zero-order chi connectivity index (χ0) is 12.3. The van der Waals surface area contributed by atoms with Crippen molar-refractivity contribution >= 4 is 5.97 Å². The zero-order valence-corrected chi connectivity index (χ0v) is 9.33. The topological polar surface area (TPSA) is 57.5 Å². The lowest BCUT2D eigenvalue weighted by atomic mass is 9.96. The van der Waals surface area contributed by atoms with Crippen molar-refractivity contribution in [1.29, 1.82) is 0 Å². The molecule has 4 heteroatoms. The smallest absolute Gasteiger partial charge is 0.338 e. The van der Waals surface area contributed by atoms with Crippen LogP contribution in [0.2, 0.25) is 0 Å². The van der Waals surface area contributed by atoms with E-state index in [1.807, 2.05) is 13.8 Å². The number of rotatable bonds is 4. The van der Waals surface area contributed by atoms with Crippen molar-refractivity contribution in [1.82, 2.24) is 0 Å². The minimum absolute atomic E-state index is 0.0919. The van der Waals surface area contributed by atoms with Gasteiger partial charge in [0.1, 0.15) is 11.6 Å². The molecule has 1 rings (SSSR count). The van der Waals surface area contributed by atoms with Crippen LogP contribution in [0, 0.1) is 11.7 Å². The Labute approximate surface area is 93.5 Å². The predicted octanol–water partition coefficient (Wildman–Crippen LogP) is 2.82. The standard InChI is InChI=1S/C12H15FO3/c1-3-7(2)6-9-10(14)5-4-8(11(9)13)12(15)16/h4-5,7,14H,3,6H2,1-2H3,(H,15,16)/t7-/m0/s1. The molecule has 16 heavy (non-hydrogen) atoms. The number of benzene rings is 1. The molecule has 0 radical (unpaired) electrons. The Kier molecular flexibility index (Phi) is 3.88. The van der Waals surface area contributed by atoms with Crippen LogP contribution in [0.5, 0.6) is 5.75 Å². The lowest BCUT2D eigenvalue weighted by Crippen LogP contribution is -2.07. The first-order valence-corrected chi connectivity index (χ1v) is 5.21. The van der Waals surface area contributed by atoms with Crippen LogP contribution < -0.4 is 0 Å². The lowest BCUT2D eigenvalue weighted by Gasteiger charge is -2.12. The van der Waals surface area contributed by atoms with Crippen LogP contribution in [-0.2, 0) is 6.42 Å². The second kappa shape index (κ2) is 4.96. The molecule has 1 atom stereocenters. The van der Waals surface area contributed by atoms with Gasteiger partial charge in [-0.1, -0.05) is 20.3 Å². The van der Waals surface area contributed by atoms with Gasteiger partial charge in [-0.15, -0.1) is 0 Å². The monoisotopic (exact) mass is 226 g/mol. The molecule has 0 aliphatic heterocycles. The summed E-state index contributed by atoms with van der Waals surface area (Å²) in [5.74, 6) is -2.12. The molecular weight excluding hydrogens is 211 g/mol. The summed E-state index contributed by atoms with van der Waals surface area (Å²) in [5.41, 5.74) is -0.301. The van der Waals surface area contributed by atoms with Crippen molar-refractivity contribution in [3.05, 3.63) is 29.1 Å². The van der Waals surface area contributed by atoms with Crippen LogP contribution >= 0.6 is 0 Å². The minimum atomic E-state index is -1.32. The van der Waals surface area contributed by atoms with Crippen LogP contribution in [0.3, 0.4) is 0 Å². The van der Waals surface area contributed by atoms with E-state index in [1.54, 1.807) is 0 Å². The number of phenols is 1. The number of aromatic carboxylic acids is 1. The van der Waals surface area contributed by atoms with Gasteiger partial charge in [-0.05, 0) is 24.5 Å². The Morgan fingerprint density at radius 2 is 2.12 bits per heavy atom. The number of hydrogen-bond donors (Lipinski definition) is 2. The molecule has 0 saturated heterocycles. The first kappa shape index (κ1) is 12.5. The SMILES string of the molecule is CC[C@H](C)Cc1c(O)ccc(C(=O)O)c1F. The van der Waals surface area contributed by atoms with E-state index >= 15 is 0 Å². The highest BCUT2D eigenvalue weighted by Gasteiger charge is 2.18. The number of hydrogen-bond acceptors (Lipinski definition) is 2. The Morgan fingerprint density at radius 3 is 2.62 bits per heavy atom. The van der Waals surface area contributed by atoms with Crippen LogP contribution in [-0.4, -0.2) is 16.2 Å². The van der Waals surface area contributed by atoms with Gasteiger partial charge in [-0.25, -0.2) is 9.18 Å². The summed E-state index contributed by atoms with van der Waals surface area (Å²) in [6.45, 7) is 3.88. The first-order chi connectivity index (χ1) is 7.47. The summed E-state index contributed by atoms with van der Waals surface area (Å²) in [4.78, 5) is 10.7. The normalized spacial score (nSPS) is 12.4. The summed E-state index contributed by atoms with van der Waals surface area (Å²) in [7, 11) is 0. The molecule has 0 aliphatic rings. The molecule has 0 unspecified atom stereocenters. The largest absolute Gasteiger partial charge is 0.508 e. The fraction of sp³-hybridized carbons (Fsp3) is 0.417. The molecule has 1 aromatic carbocycles. The molecule has 0 aliphatic carbocycles. The second-order valence-electron chi connectivity index (χ2n) is 3.95. The fourth-order valence-electron chi connectivity index (χ4n) is 1.46. The van der Waals surface area contributed by atoms with Gasteiger partial charge < -0.3 is 10.2 Å². The number of carbonyl (C=O) groups is 1. The number of carboxylic acids is 1. The quantitative estimate of drug-likeness (QED) is 0.830. The average molecular weight is 226 g/mol. The van der Waals surface area contributed by atoms with E-state index in [2.05, 4.69) is 0 Å². The van der Waals surface area contributed by atoms with E-state index in [1.165, 1.54) is 6.07 Å². The minimum Gasteiger partial charge on any atom is -0.508 e. The van der Waals surface area contributed by atoms with Gasteiger partial charge in [-0.2, -0.15) is 0 Å². The lowest BCUT2D eigenvalue weighted by molar-refractivity contribution is 0.0691. The van der Waals surface area contributed by atoms with E-state index in [9.17, 15) is 14.3 Å². The van der Waals surface area contributed by atoms with Gasteiger partial charge >= 0.3 is 5.97 Å². The van der Waals surface area contributed by atoms with Crippen LogP contribution in [0.25, 0.3) is 0 Å². The molecule has 0 aromatic heterocycles. The summed E-state index contributed by atoms with van der Waals surface area (Å²) < 4.78 is 13.7. The molecule has 0 saturated carbocycles. The number of phenolic OH excluding ortho intramolecular Hbond substituents is 1. The molecule has 0 spiro atoms. The van der Waals surface area contributed by atoms with E-state index in [0.717, 1.165) is 12.5 Å². The highest BCUT2D eigenvalue weighted by Crippen LogP contribution is 2.26. The van der Waals surface area contributed by atoms with Gasteiger partial charge in [0.2, 0.25) is 0 Å². The molecule has 3 nitrogen and oxygen atoms in total. The summed E-state index contributed by atoms with van der Waals surface area (Å²) in [5, 5.41) is 18.3. The molecular formula is C12H15FO3. The molecule has 1 aromatic rings. The third-order valence-corrected chi connectivity index (χ3v) is 2.70. The Morgan fingerprint density at radius 1 is 1.50 bits per heavy atom. The number of halogens is 1. The Bertz CT molecular complexity index is 401. The van der Waals surface area contributed by atoms with Crippen LogP contribution in [0.15, 0.2) is 12.1 Å². The van der Waals surface area contributed by atoms with Crippen molar-refractivity contribution in [3.8, 4) is 5.75 Å².